The predicted octanol–water partition coefficient (Wildman–Crippen LogP) is 4.47. The third-order valence-corrected chi connectivity index (χ3v) is 5.10. The van der Waals surface area contributed by atoms with Gasteiger partial charge in [-0.1, -0.05) is 6.07 Å². The van der Waals surface area contributed by atoms with Gasteiger partial charge in [-0.25, -0.2) is 14.1 Å². The Bertz CT molecular complexity index is 1200. The lowest BCUT2D eigenvalue weighted by molar-refractivity contribution is -0.132. The molecule has 158 valence electrons. The minimum absolute atomic E-state index is 0.0237. The first-order chi connectivity index (χ1) is 15.1. The highest BCUT2D eigenvalue weighted by molar-refractivity contribution is 5.92. The maximum atomic E-state index is 13.4. The Morgan fingerprint density at radius 2 is 1.84 bits per heavy atom. The van der Waals surface area contributed by atoms with Crippen molar-refractivity contribution in [1.82, 2.24) is 19.7 Å². The lowest BCUT2D eigenvalue weighted by Crippen LogP contribution is -2.34. The van der Waals surface area contributed by atoms with E-state index in [2.05, 4.69) is 4.98 Å². The number of halogens is 1. The second kappa shape index (κ2) is 8.95. The van der Waals surface area contributed by atoms with Crippen LogP contribution < -0.4 is 4.74 Å². The van der Waals surface area contributed by atoms with Gasteiger partial charge in [-0.2, -0.15) is 5.10 Å². The molecular formula is C24H23FN4O2. The summed E-state index contributed by atoms with van der Waals surface area (Å²) in [6.45, 7) is 5.16. The van der Waals surface area contributed by atoms with Gasteiger partial charge in [-0.3, -0.25) is 4.79 Å². The summed E-state index contributed by atoms with van der Waals surface area (Å²) in [5, 5.41) is 5.61. The van der Waals surface area contributed by atoms with Gasteiger partial charge in [0.25, 0.3) is 5.91 Å². The molecule has 7 heteroatoms. The fourth-order valence-electron chi connectivity index (χ4n) is 3.47. The van der Waals surface area contributed by atoms with Crippen LogP contribution in [0.1, 0.15) is 13.8 Å². The maximum absolute atomic E-state index is 13.4. The average Bonchev–Trinajstić information content (AvgIpc) is 3.19. The molecule has 0 spiro atoms. The van der Waals surface area contributed by atoms with E-state index in [4.69, 9.17) is 9.84 Å². The van der Waals surface area contributed by atoms with E-state index in [1.54, 1.807) is 34.0 Å². The van der Waals surface area contributed by atoms with E-state index >= 15 is 0 Å². The maximum Gasteiger partial charge on any atom is 0.260 e. The highest BCUT2D eigenvalue weighted by atomic mass is 19.1. The van der Waals surface area contributed by atoms with Crippen molar-refractivity contribution in [3.05, 3.63) is 72.7 Å². The van der Waals surface area contributed by atoms with Crippen LogP contribution in [-0.4, -0.2) is 45.3 Å². The normalized spacial score (nSPS) is 10.9. The fourth-order valence-corrected chi connectivity index (χ4v) is 3.47. The molecule has 2 heterocycles. The average molecular weight is 418 g/mol. The molecule has 0 N–H and O–H groups in total. The van der Waals surface area contributed by atoms with E-state index in [1.807, 2.05) is 44.2 Å². The zero-order valence-electron chi connectivity index (χ0n) is 17.5. The number of rotatable bonds is 7. The van der Waals surface area contributed by atoms with Crippen molar-refractivity contribution in [3.63, 3.8) is 0 Å². The summed E-state index contributed by atoms with van der Waals surface area (Å²) in [6, 6.07) is 17.4. The molecule has 2 aromatic heterocycles. The number of hydrogen-bond acceptors (Lipinski definition) is 4. The molecule has 0 atom stereocenters. The Morgan fingerprint density at radius 3 is 2.58 bits per heavy atom. The van der Waals surface area contributed by atoms with E-state index in [0.717, 1.165) is 16.6 Å². The van der Waals surface area contributed by atoms with E-state index < -0.39 is 0 Å². The van der Waals surface area contributed by atoms with Gasteiger partial charge in [0.15, 0.2) is 12.3 Å². The minimum atomic E-state index is -0.297. The number of nitrogens with zero attached hydrogens (tertiary/aromatic N) is 4. The molecule has 1 amide bonds. The first-order valence-electron chi connectivity index (χ1n) is 10.2. The lowest BCUT2D eigenvalue weighted by atomic mass is 10.1. The topological polar surface area (TPSA) is 60.2 Å². The molecule has 0 aliphatic heterocycles. The van der Waals surface area contributed by atoms with Crippen LogP contribution in [0.3, 0.4) is 0 Å². The molecule has 31 heavy (non-hydrogen) atoms. The number of hydrogen-bond donors (Lipinski definition) is 0. The van der Waals surface area contributed by atoms with Crippen molar-refractivity contribution in [3.8, 4) is 22.7 Å². The summed E-state index contributed by atoms with van der Waals surface area (Å²) in [5.41, 5.74) is 2.95. The number of carbonyl (C=O) groups excluding carboxylic acids is 1. The van der Waals surface area contributed by atoms with E-state index in [9.17, 15) is 9.18 Å². The van der Waals surface area contributed by atoms with Crippen LogP contribution in [0.2, 0.25) is 0 Å². The fraction of sp³-hybridized carbons (Fsp3) is 0.208. The van der Waals surface area contributed by atoms with Gasteiger partial charge in [0.2, 0.25) is 0 Å². The molecule has 0 radical (unpaired) electrons. The van der Waals surface area contributed by atoms with Gasteiger partial charge in [-0.15, -0.1) is 0 Å². The van der Waals surface area contributed by atoms with Crippen LogP contribution in [0.15, 0.2) is 66.9 Å². The minimum Gasteiger partial charge on any atom is -0.484 e. The molecule has 0 aliphatic rings. The number of benzene rings is 2. The predicted molar refractivity (Wildman–Crippen MR) is 118 cm³/mol. The second-order valence-corrected chi connectivity index (χ2v) is 6.99. The molecule has 2 aromatic carbocycles. The summed E-state index contributed by atoms with van der Waals surface area (Å²) in [7, 11) is 0. The highest BCUT2D eigenvalue weighted by Gasteiger charge is 2.15. The Hall–Kier alpha value is -3.74. The molecule has 0 saturated carbocycles. The molecule has 0 unspecified atom stereocenters. The SMILES string of the molecule is CCN(CC)C(=O)COc1cccc(-n2nc(-c3ccc(F)cc3)c3cccnc32)c1. The van der Waals surface area contributed by atoms with Crippen LogP contribution in [0.4, 0.5) is 4.39 Å². The molecule has 0 bridgehead atoms. The Kier molecular flexibility index (Phi) is 5.93. The van der Waals surface area contributed by atoms with Gasteiger partial charge in [0, 0.05) is 36.3 Å². The molecule has 0 saturated heterocycles. The summed E-state index contributed by atoms with van der Waals surface area (Å²) >= 11 is 0. The first-order valence-corrected chi connectivity index (χ1v) is 10.2. The molecule has 4 rings (SSSR count). The Morgan fingerprint density at radius 1 is 1.06 bits per heavy atom. The van der Waals surface area contributed by atoms with E-state index in [-0.39, 0.29) is 18.3 Å². The number of aromatic nitrogens is 3. The van der Waals surface area contributed by atoms with Gasteiger partial charge in [0.1, 0.15) is 17.3 Å². The van der Waals surface area contributed by atoms with Crippen molar-refractivity contribution in [1.29, 1.82) is 0 Å². The van der Waals surface area contributed by atoms with Gasteiger partial charge in [0.05, 0.1) is 5.69 Å². The quantitative estimate of drug-likeness (QED) is 0.444. The summed E-state index contributed by atoms with van der Waals surface area (Å²) < 4.78 is 20.8. The van der Waals surface area contributed by atoms with Crippen LogP contribution >= 0.6 is 0 Å². The van der Waals surface area contributed by atoms with Crippen molar-refractivity contribution in [2.45, 2.75) is 13.8 Å². The van der Waals surface area contributed by atoms with Crippen LogP contribution in [0.5, 0.6) is 5.75 Å². The van der Waals surface area contributed by atoms with Crippen molar-refractivity contribution in [2.24, 2.45) is 0 Å². The molecule has 0 aliphatic carbocycles. The van der Waals surface area contributed by atoms with E-state index in [1.165, 1.54) is 12.1 Å². The van der Waals surface area contributed by atoms with Gasteiger partial charge >= 0.3 is 0 Å². The van der Waals surface area contributed by atoms with Gasteiger partial charge in [-0.05, 0) is 62.4 Å². The summed E-state index contributed by atoms with van der Waals surface area (Å²) in [5.74, 6) is 0.218. The van der Waals surface area contributed by atoms with E-state index in [0.29, 0.717) is 30.2 Å². The van der Waals surface area contributed by atoms with Gasteiger partial charge < -0.3 is 9.64 Å². The standard InChI is InChI=1S/C24H23FN4O2/c1-3-28(4-2)22(30)16-31-20-8-5-7-19(15-20)29-24-21(9-6-14-26-24)23(27-29)17-10-12-18(25)13-11-17/h5-15H,3-4,16H2,1-2H3. The summed E-state index contributed by atoms with van der Waals surface area (Å²) in [4.78, 5) is 18.5. The largest absolute Gasteiger partial charge is 0.484 e. The smallest absolute Gasteiger partial charge is 0.260 e. The first kappa shape index (κ1) is 20.5. The van der Waals surface area contributed by atoms with Crippen LogP contribution in [-0.2, 0) is 4.79 Å². The monoisotopic (exact) mass is 418 g/mol. The molecular weight excluding hydrogens is 395 g/mol. The molecule has 4 aromatic rings. The van der Waals surface area contributed by atoms with Crippen molar-refractivity contribution in [2.75, 3.05) is 19.7 Å². The summed E-state index contributed by atoms with van der Waals surface area (Å²) in [6.07, 6.45) is 1.71. The third-order valence-electron chi connectivity index (χ3n) is 5.10. The second-order valence-electron chi connectivity index (χ2n) is 6.99. The Labute approximate surface area is 179 Å². The number of pyridine rings is 1. The number of likely N-dealkylation sites (N-methyl/N-ethyl adjacent to an activating group) is 1. The van der Waals surface area contributed by atoms with Crippen molar-refractivity contribution < 1.29 is 13.9 Å². The van der Waals surface area contributed by atoms with Crippen LogP contribution in [0, 0.1) is 5.82 Å². The molecule has 0 fully saturated rings. The zero-order chi connectivity index (χ0) is 21.8. The number of fused-ring (bicyclic) bond motifs is 1. The highest BCUT2D eigenvalue weighted by Crippen LogP contribution is 2.29. The number of amides is 1. The zero-order valence-corrected chi connectivity index (χ0v) is 17.5. The van der Waals surface area contributed by atoms with Crippen molar-refractivity contribution >= 4 is 16.9 Å². The Balaban J connectivity index is 1.67. The third kappa shape index (κ3) is 4.26. The lowest BCUT2D eigenvalue weighted by Gasteiger charge is -2.18. The molecule has 6 nitrogen and oxygen atoms in total. The number of carbonyl (C=O) groups is 1. The van der Waals surface area contributed by atoms with Crippen LogP contribution in [0.25, 0.3) is 28.0 Å². The number of ether oxygens (including phenoxy) is 1.